The van der Waals surface area contributed by atoms with Gasteiger partial charge in [-0.25, -0.2) is 19.0 Å². The van der Waals surface area contributed by atoms with Crippen molar-refractivity contribution < 1.29 is 18.7 Å². The van der Waals surface area contributed by atoms with E-state index in [1.165, 1.54) is 21.7 Å². The Morgan fingerprint density at radius 1 is 1.21 bits per heavy atom. The van der Waals surface area contributed by atoms with Gasteiger partial charge in [0.05, 0.1) is 11.4 Å². The number of rotatable bonds is 7. The highest BCUT2D eigenvalue weighted by molar-refractivity contribution is 5.92. The lowest BCUT2D eigenvalue weighted by molar-refractivity contribution is -0.145. The standard InChI is InChI=1S/C19H19FN6O3/c1-13-10-16(26(24-13)15-6-4-14(20)5-7-15)23-17(27)12-29-18(28)11-25(2)19-21-8-3-9-22-19/h3-10H,11-12H2,1-2H3,(H,23,27). The molecular formula is C19H19FN6O3. The van der Waals surface area contributed by atoms with Gasteiger partial charge in [0.2, 0.25) is 5.95 Å². The summed E-state index contributed by atoms with van der Waals surface area (Å²) in [7, 11) is 1.64. The Hall–Kier alpha value is -3.82. The minimum absolute atomic E-state index is 0.107. The van der Waals surface area contributed by atoms with E-state index in [2.05, 4.69) is 20.4 Å². The van der Waals surface area contributed by atoms with Gasteiger partial charge in [-0.2, -0.15) is 5.10 Å². The number of aromatic nitrogens is 4. The highest BCUT2D eigenvalue weighted by atomic mass is 19.1. The van der Waals surface area contributed by atoms with E-state index in [4.69, 9.17) is 4.74 Å². The number of anilines is 2. The van der Waals surface area contributed by atoms with Gasteiger partial charge in [0.15, 0.2) is 6.61 Å². The van der Waals surface area contributed by atoms with Crippen LogP contribution in [0, 0.1) is 12.7 Å². The van der Waals surface area contributed by atoms with Crippen LogP contribution in [0.15, 0.2) is 48.8 Å². The average molecular weight is 398 g/mol. The number of nitrogens with one attached hydrogen (secondary N) is 1. The summed E-state index contributed by atoms with van der Waals surface area (Å²) in [4.78, 5) is 33.7. The topological polar surface area (TPSA) is 102 Å². The third kappa shape index (κ3) is 5.34. The van der Waals surface area contributed by atoms with Crippen LogP contribution in [0.2, 0.25) is 0 Å². The number of amides is 1. The van der Waals surface area contributed by atoms with Gasteiger partial charge in [-0.15, -0.1) is 0 Å². The summed E-state index contributed by atoms with van der Waals surface area (Å²) in [5, 5.41) is 6.92. The van der Waals surface area contributed by atoms with Crippen LogP contribution >= 0.6 is 0 Å². The first-order chi connectivity index (χ1) is 13.9. The molecule has 0 radical (unpaired) electrons. The molecule has 0 bridgehead atoms. The fourth-order valence-electron chi connectivity index (χ4n) is 2.49. The molecule has 1 N–H and O–H groups in total. The summed E-state index contributed by atoms with van der Waals surface area (Å²) in [5.41, 5.74) is 1.24. The van der Waals surface area contributed by atoms with Crippen molar-refractivity contribution in [2.24, 2.45) is 0 Å². The van der Waals surface area contributed by atoms with E-state index in [1.807, 2.05) is 0 Å². The molecule has 0 atom stereocenters. The van der Waals surface area contributed by atoms with Gasteiger partial charge in [0.25, 0.3) is 5.91 Å². The van der Waals surface area contributed by atoms with Gasteiger partial charge in [0.1, 0.15) is 18.2 Å². The second-order valence-electron chi connectivity index (χ2n) is 6.17. The van der Waals surface area contributed by atoms with Gasteiger partial charge in [0, 0.05) is 25.5 Å². The number of nitrogens with zero attached hydrogens (tertiary/aromatic N) is 5. The zero-order chi connectivity index (χ0) is 20.8. The van der Waals surface area contributed by atoms with Crippen molar-refractivity contribution >= 4 is 23.6 Å². The van der Waals surface area contributed by atoms with Crippen LogP contribution in [0.1, 0.15) is 5.69 Å². The number of halogens is 1. The van der Waals surface area contributed by atoms with Crippen molar-refractivity contribution in [1.82, 2.24) is 19.7 Å². The van der Waals surface area contributed by atoms with Gasteiger partial charge >= 0.3 is 5.97 Å². The van der Waals surface area contributed by atoms with Gasteiger partial charge in [-0.1, -0.05) is 0 Å². The van der Waals surface area contributed by atoms with Gasteiger partial charge in [-0.05, 0) is 37.3 Å². The van der Waals surface area contributed by atoms with E-state index in [9.17, 15) is 14.0 Å². The Balaban J connectivity index is 1.56. The third-order valence-corrected chi connectivity index (χ3v) is 3.79. The minimum atomic E-state index is -0.599. The van der Waals surface area contributed by atoms with Gasteiger partial charge in [-0.3, -0.25) is 9.59 Å². The van der Waals surface area contributed by atoms with E-state index < -0.39 is 18.5 Å². The summed E-state index contributed by atoms with van der Waals surface area (Å²) in [6.07, 6.45) is 3.12. The van der Waals surface area contributed by atoms with Crippen LogP contribution in [-0.4, -0.2) is 51.8 Å². The summed E-state index contributed by atoms with van der Waals surface area (Å²) in [6.45, 7) is 1.19. The molecule has 1 aromatic carbocycles. The first-order valence-corrected chi connectivity index (χ1v) is 8.68. The number of ether oxygens (including phenoxy) is 1. The molecule has 1 amide bonds. The molecule has 10 heteroatoms. The SMILES string of the molecule is Cc1cc(NC(=O)COC(=O)CN(C)c2ncccn2)n(-c2ccc(F)cc2)n1. The second kappa shape index (κ2) is 8.91. The highest BCUT2D eigenvalue weighted by Gasteiger charge is 2.15. The van der Waals surface area contributed by atoms with E-state index >= 15 is 0 Å². The van der Waals surface area contributed by atoms with E-state index in [1.54, 1.807) is 50.6 Å². The zero-order valence-electron chi connectivity index (χ0n) is 15.9. The number of likely N-dealkylation sites (N-methyl/N-ethyl adjacent to an activating group) is 1. The first kappa shape index (κ1) is 19.9. The molecule has 3 aromatic rings. The lowest BCUT2D eigenvalue weighted by Crippen LogP contribution is -2.30. The van der Waals surface area contributed by atoms with Crippen molar-refractivity contribution in [3.05, 3.63) is 60.3 Å². The maximum absolute atomic E-state index is 13.1. The highest BCUT2D eigenvalue weighted by Crippen LogP contribution is 2.17. The number of carbonyl (C=O) groups is 2. The fraction of sp³-hybridized carbons (Fsp3) is 0.211. The molecule has 3 rings (SSSR count). The Kier molecular flexibility index (Phi) is 6.12. The summed E-state index contributed by atoms with van der Waals surface area (Å²) in [5.74, 6) is -0.753. The van der Waals surface area contributed by atoms with Crippen molar-refractivity contribution in [3.63, 3.8) is 0 Å². The molecule has 0 unspecified atom stereocenters. The molecular weight excluding hydrogens is 379 g/mol. The predicted molar refractivity (Wildman–Crippen MR) is 103 cm³/mol. The van der Waals surface area contributed by atoms with E-state index in [-0.39, 0.29) is 12.4 Å². The van der Waals surface area contributed by atoms with Crippen molar-refractivity contribution in [2.75, 3.05) is 30.4 Å². The molecule has 0 saturated heterocycles. The maximum atomic E-state index is 13.1. The van der Waals surface area contributed by atoms with E-state index in [0.717, 1.165) is 0 Å². The predicted octanol–water partition coefficient (Wildman–Crippen LogP) is 1.73. The molecule has 0 spiro atoms. The summed E-state index contributed by atoms with van der Waals surface area (Å²) in [6, 6.07) is 9.00. The van der Waals surface area contributed by atoms with E-state index in [0.29, 0.717) is 23.1 Å². The minimum Gasteiger partial charge on any atom is -0.454 e. The second-order valence-corrected chi connectivity index (χ2v) is 6.17. The van der Waals surface area contributed by atoms with Crippen LogP contribution < -0.4 is 10.2 Å². The normalized spacial score (nSPS) is 10.4. The maximum Gasteiger partial charge on any atom is 0.326 e. The smallest absolute Gasteiger partial charge is 0.326 e. The molecule has 0 aliphatic carbocycles. The van der Waals surface area contributed by atoms with Crippen molar-refractivity contribution in [2.45, 2.75) is 6.92 Å². The lowest BCUT2D eigenvalue weighted by Gasteiger charge is -2.15. The number of hydrogen-bond acceptors (Lipinski definition) is 7. The Bertz CT molecular complexity index is 991. The quantitative estimate of drug-likeness (QED) is 0.605. The summed E-state index contributed by atoms with van der Waals surface area (Å²) >= 11 is 0. The lowest BCUT2D eigenvalue weighted by atomic mass is 10.3. The van der Waals surface area contributed by atoms with Crippen LogP contribution in [0.25, 0.3) is 5.69 Å². The van der Waals surface area contributed by atoms with Gasteiger partial charge < -0.3 is 15.0 Å². The monoisotopic (exact) mass is 398 g/mol. The van der Waals surface area contributed by atoms with Crippen LogP contribution in [0.5, 0.6) is 0 Å². The molecule has 2 heterocycles. The Labute approximate surface area is 166 Å². The third-order valence-electron chi connectivity index (χ3n) is 3.79. The fourth-order valence-corrected chi connectivity index (χ4v) is 2.49. The summed E-state index contributed by atoms with van der Waals surface area (Å²) < 4.78 is 19.6. The molecule has 0 aliphatic rings. The van der Waals surface area contributed by atoms with Crippen LogP contribution in [-0.2, 0) is 14.3 Å². The number of aryl methyl sites for hydroxylation is 1. The number of hydrogen-bond donors (Lipinski definition) is 1. The first-order valence-electron chi connectivity index (χ1n) is 8.68. The molecule has 0 saturated carbocycles. The average Bonchev–Trinajstić information content (AvgIpc) is 3.07. The molecule has 9 nitrogen and oxygen atoms in total. The largest absolute Gasteiger partial charge is 0.454 e. The Morgan fingerprint density at radius 2 is 1.90 bits per heavy atom. The molecule has 0 aliphatic heterocycles. The molecule has 29 heavy (non-hydrogen) atoms. The Morgan fingerprint density at radius 3 is 2.59 bits per heavy atom. The van der Waals surface area contributed by atoms with Crippen molar-refractivity contribution in [3.8, 4) is 5.69 Å². The van der Waals surface area contributed by atoms with Crippen LogP contribution in [0.4, 0.5) is 16.2 Å². The number of esters is 1. The molecule has 0 fully saturated rings. The molecule has 150 valence electrons. The zero-order valence-corrected chi connectivity index (χ0v) is 15.9. The number of carbonyl (C=O) groups excluding carboxylic acids is 2. The van der Waals surface area contributed by atoms with Crippen molar-refractivity contribution in [1.29, 1.82) is 0 Å². The molecule has 2 aromatic heterocycles. The number of benzene rings is 1. The van der Waals surface area contributed by atoms with Crippen LogP contribution in [0.3, 0.4) is 0 Å².